The van der Waals surface area contributed by atoms with Crippen LogP contribution in [0.5, 0.6) is 0 Å². The number of hydrogen-bond acceptors (Lipinski definition) is 2. The second-order valence-corrected chi connectivity index (χ2v) is 4.63. The van der Waals surface area contributed by atoms with Crippen molar-refractivity contribution in [2.75, 3.05) is 19.6 Å². The predicted octanol–water partition coefficient (Wildman–Crippen LogP) is 2.15. The van der Waals surface area contributed by atoms with Crippen molar-refractivity contribution < 1.29 is 0 Å². The molecule has 0 saturated carbocycles. The van der Waals surface area contributed by atoms with Crippen LogP contribution in [0.4, 0.5) is 0 Å². The monoisotopic (exact) mass is 186 g/mol. The van der Waals surface area contributed by atoms with Crippen molar-refractivity contribution >= 4 is 0 Å². The van der Waals surface area contributed by atoms with Crippen LogP contribution in [0.2, 0.25) is 0 Å². The minimum atomic E-state index is 0.275. The van der Waals surface area contributed by atoms with E-state index in [-0.39, 0.29) is 5.54 Å². The molecule has 0 rings (SSSR count). The zero-order valence-electron chi connectivity index (χ0n) is 9.74. The summed E-state index contributed by atoms with van der Waals surface area (Å²) in [4.78, 5) is 0. The number of hydrogen-bond donors (Lipinski definition) is 2. The highest BCUT2D eigenvalue weighted by Gasteiger charge is 2.06. The fraction of sp³-hybridized carbons (Fsp3) is 1.00. The van der Waals surface area contributed by atoms with Crippen LogP contribution in [-0.2, 0) is 0 Å². The van der Waals surface area contributed by atoms with Crippen LogP contribution in [0.3, 0.4) is 0 Å². The molecule has 80 valence electrons. The fourth-order valence-electron chi connectivity index (χ4n) is 1.14. The summed E-state index contributed by atoms with van der Waals surface area (Å²) in [5.74, 6) is 0. The minimum Gasteiger partial charge on any atom is -0.317 e. The molecule has 0 spiro atoms. The lowest BCUT2D eigenvalue weighted by molar-refractivity contribution is 0.417. The van der Waals surface area contributed by atoms with Crippen LogP contribution in [0.1, 0.15) is 47.0 Å². The number of unbranched alkanes of at least 4 members (excludes halogenated alkanes) is 1. The lowest BCUT2D eigenvalue weighted by Crippen LogP contribution is -2.36. The maximum atomic E-state index is 3.48. The van der Waals surface area contributed by atoms with E-state index in [0.717, 1.165) is 13.1 Å². The maximum absolute atomic E-state index is 3.48. The first-order valence-electron chi connectivity index (χ1n) is 5.52. The molecule has 0 radical (unpaired) electrons. The molecule has 2 N–H and O–H groups in total. The third kappa shape index (κ3) is 11.9. The first-order chi connectivity index (χ1) is 6.06. The van der Waals surface area contributed by atoms with Gasteiger partial charge in [0.2, 0.25) is 0 Å². The predicted molar refractivity (Wildman–Crippen MR) is 60.2 cm³/mol. The van der Waals surface area contributed by atoms with Crippen LogP contribution < -0.4 is 10.6 Å². The highest BCUT2D eigenvalue weighted by molar-refractivity contribution is 4.69. The van der Waals surface area contributed by atoms with Gasteiger partial charge in [-0.2, -0.15) is 0 Å². The van der Waals surface area contributed by atoms with Gasteiger partial charge < -0.3 is 10.6 Å². The van der Waals surface area contributed by atoms with Crippen molar-refractivity contribution in [2.24, 2.45) is 0 Å². The summed E-state index contributed by atoms with van der Waals surface area (Å²) in [5.41, 5.74) is 0.275. The molecule has 0 atom stereocenters. The van der Waals surface area contributed by atoms with Gasteiger partial charge in [0.15, 0.2) is 0 Å². The van der Waals surface area contributed by atoms with Crippen LogP contribution in [0.15, 0.2) is 0 Å². The summed E-state index contributed by atoms with van der Waals surface area (Å²) in [6.45, 7) is 12.3. The summed E-state index contributed by atoms with van der Waals surface area (Å²) < 4.78 is 0. The second kappa shape index (κ2) is 7.34. The molecule has 0 aliphatic heterocycles. The van der Waals surface area contributed by atoms with E-state index in [9.17, 15) is 0 Å². The first-order valence-corrected chi connectivity index (χ1v) is 5.52. The number of nitrogens with one attached hydrogen (secondary N) is 2. The van der Waals surface area contributed by atoms with Crippen LogP contribution >= 0.6 is 0 Å². The minimum absolute atomic E-state index is 0.275. The van der Waals surface area contributed by atoms with E-state index in [1.165, 1.54) is 25.8 Å². The van der Waals surface area contributed by atoms with Crippen molar-refractivity contribution in [1.82, 2.24) is 10.6 Å². The zero-order valence-corrected chi connectivity index (χ0v) is 9.74. The molecule has 0 bridgehead atoms. The molecule has 0 saturated heterocycles. The van der Waals surface area contributed by atoms with Gasteiger partial charge in [-0.15, -0.1) is 0 Å². The van der Waals surface area contributed by atoms with Gasteiger partial charge in [-0.1, -0.05) is 6.92 Å². The van der Waals surface area contributed by atoms with Crippen molar-refractivity contribution in [3.63, 3.8) is 0 Å². The summed E-state index contributed by atoms with van der Waals surface area (Å²) in [5, 5.41) is 6.89. The van der Waals surface area contributed by atoms with Gasteiger partial charge in [0.25, 0.3) is 0 Å². The summed E-state index contributed by atoms with van der Waals surface area (Å²) in [7, 11) is 0. The van der Waals surface area contributed by atoms with Crippen molar-refractivity contribution in [3.8, 4) is 0 Å². The Kier molecular flexibility index (Phi) is 7.29. The molecule has 0 aromatic rings. The zero-order chi connectivity index (χ0) is 10.2. The third-order valence-electron chi connectivity index (χ3n) is 1.86. The third-order valence-corrected chi connectivity index (χ3v) is 1.86. The average molecular weight is 186 g/mol. The summed E-state index contributed by atoms with van der Waals surface area (Å²) in [6.07, 6.45) is 3.79. The highest BCUT2D eigenvalue weighted by Crippen LogP contribution is 1.98. The van der Waals surface area contributed by atoms with Crippen LogP contribution in [-0.4, -0.2) is 25.2 Å². The van der Waals surface area contributed by atoms with Gasteiger partial charge in [-0.25, -0.2) is 0 Å². The maximum Gasteiger partial charge on any atom is 0.00965 e. The van der Waals surface area contributed by atoms with E-state index >= 15 is 0 Å². The Morgan fingerprint density at radius 3 is 2.08 bits per heavy atom. The van der Waals surface area contributed by atoms with Crippen molar-refractivity contribution in [2.45, 2.75) is 52.5 Å². The first kappa shape index (κ1) is 12.9. The molecular formula is C11H26N2. The average Bonchev–Trinajstić information content (AvgIpc) is 2.01. The van der Waals surface area contributed by atoms with E-state index in [4.69, 9.17) is 0 Å². The van der Waals surface area contributed by atoms with Crippen LogP contribution in [0.25, 0.3) is 0 Å². The molecule has 0 heterocycles. The molecule has 2 nitrogen and oxygen atoms in total. The summed E-state index contributed by atoms with van der Waals surface area (Å²) >= 11 is 0. The molecule has 0 amide bonds. The Labute approximate surface area is 83.5 Å². The molecule has 0 fully saturated rings. The highest BCUT2D eigenvalue weighted by atomic mass is 14.9. The molecule has 0 aliphatic carbocycles. The van der Waals surface area contributed by atoms with E-state index in [1.807, 2.05) is 0 Å². The Morgan fingerprint density at radius 2 is 1.54 bits per heavy atom. The van der Waals surface area contributed by atoms with E-state index in [2.05, 4.69) is 38.3 Å². The smallest absolute Gasteiger partial charge is 0.00965 e. The lowest BCUT2D eigenvalue weighted by Gasteiger charge is -2.20. The standard InChI is InChI=1S/C11H26N2/c1-5-8-12-9-6-7-10-13-11(2,3)4/h12-13H,5-10H2,1-4H3. The van der Waals surface area contributed by atoms with Gasteiger partial charge in [0, 0.05) is 5.54 Å². The van der Waals surface area contributed by atoms with E-state index < -0.39 is 0 Å². The molecule has 13 heavy (non-hydrogen) atoms. The summed E-state index contributed by atoms with van der Waals surface area (Å²) in [6, 6.07) is 0. The SMILES string of the molecule is CCCNCCCCNC(C)(C)C. The second-order valence-electron chi connectivity index (χ2n) is 4.63. The molecule has 0 aromatic carbocycles. The fourth-order valence-corrected chi connectivity index (χ4v) is 1.14. The largest absolute Gasteiger partial charge is 0.317 e. The quantitative estimate of drug-likeness (QED) is 0.595. The Hall–Kier alpha value is -0.0800. The lowest BCUT2D eigenvalue weighted by atomic mass is 10.1. The molecule has 0 unspecified atom stereocenters. The molecule has 0 aliphatic rings. The number of rotatable bonds is 7. The van der Waals surface area contributed by atoms with Crippen molar-refractivity contribution in [3.05, 3.63) is 0 Å². The van der Waals surface area contributed by atoms with Gasteiger partial charge in [-0.05, 0) is 59.7 Å². The van der Waals surface area contributed by atoms with Gasteiger partial charge >= 0.3 is 0 Å². The van der Waals surface area contributed by atoms with E-state index in [0.29, 0.717) is 0 Å². The van der Waals surface area contributed by atoms with Gasteiger partial charge in [0.1, 0.15) is 0 Å². The molecule has 2 heteroatoms. The van der Waals surface area contributed by atoms with Crippen LogP contribution in [0, 0.1) is 0 Å². The Balaban J connectivity index is 3.00. The van der Waals surface area contributed by atoms with Crippen molar-refractivity contribution in [1.29, 1.82) is 0 Å². The molecular weight excluding hydrogens is 160 g/mol. The Bertz CT molecular complexity index is 105. The normalized spacial score (nSPS) is 12.0. The topological polar surface area (TPSA) is 24.1 Å². The Morgan fingerprint density at radius 1 is 0.923 bits per heavy atom. The van der Waals surface area contributed by atoms with Gasteiger partial charge in [0.05, 0.1) is 0 Å². The van der Waals surface area contributed by atoms with E-state index in [1.54, 1.807) is 0 Å². The van der Waals surface area contributed by atoms with Gasteiger partial charge in [-0.3, -0.25) is 0 Å². The molecule has 0 aromatic heterocycles.